The third-order valence-electron chi connectivity index (χ3n) is 1.64. The molecule has 0 fully saturated rings. The number of carboxylic acids is 1. The van der Waals surface area contributed by atoms with Crippen LogP contribution in [-0.2, 0) is 14.3 Å². The Hall–Kier alpha value is -1.10. The van der Waals surface area contributed by atoms with Gasteiger partial charge in [0, 0.05) is 19.6 Å². The highest BCUT2D eigenvalue weighted by molar-refractivity contribution is 5.83. The number of carbonyl (C=O) groups is 2. The van der Waals surface area contributed by atoms with Gasteiger partial charge in [-0.2, -0.15) is 0 Å². The summed E-state index contributed by atoms with van der Waals surface area (Å²) in [5.41, 5.74) is 0. The lowest BCUT2D eigenvalue weighted by Gasteiger charge is -2.08. The van der Waals surface area contributed by atoms with Gasteiger partial charge in [0.15, 0.2) is 0 Å². The van der Waals surface area contributed by atoms with Crippen molar-refractivity contribution in [1.82, 2.24) is 5.32 Å². The lowest BCUT2D eigenvalue weighted by molar-refractivity contribution is -0.141. The van der Waals surface area contributed by atoms with E-state index in [0.29, 0.717) is 26.1 Å². The SMILES string of the molecule is CCOCCCC(=O)NC(C)C(=O)O. The molecule has 0 bridgehead atoms. The van der Waals surface area contributed by atoms with E-state index in [1.54, 1.807) is 0 Å². The van der Waals surface area contributed by atoms with Crippen LogP contribution in [0.1, 0.15) is 26.7 Å². The van der Waals surface area contributed by atoms with Gasteiger partial charge in [-0.15, -0.1) is 0 Å². The molecule has 1 unspecified atom stereocenters. The summed E-state index contributed by atoms with van der Waals surface area (Å²) < 4.78 is 5.04. The maximum Gasteiger partial charge on any atom is 0.325 e. The van der Waals surface area contributed by atoms with E-state index >= 15 is 0 Å². The fraction of sp³-hybridized carbons (Fsp3) is 0.778. The smallest absolute Gasteiger partial charge is 0.325 e. The molecule has 0 saturated carbocycles. The second-order valence-corrected chi connectivity index (χ2v) is 2.93. The van der Waals surface area contributed by atoms with Crippen LogP contribution in [-0.4, -0.2) is 36.2 Å². The second-order valence-electron chi connectivity index (χ2n) is 2.93. The maximum atomic E-state index is 11.1. The summed E-state index contributed by atoms with van der Waals surface area (Å²) in [6, 6.07) is -0.824. The summed E-state index contributed by atoms with van der Waals surface area (Å²) in [4.78, 5) is 21.5. The average molecular weight is 203 g/mol. The summed E-state index contributed by atoms with van der Waals surface area (Å²) in [5, 5.41) is 10.9. The first-order valence-electron chi connectivity index (χ1n) is 4.67. The molecule has 0 rings (SSSR count). The third-order valence-corrected chi connectivity index (χ3v) is 1.64. The highest BCUT2D eigenvalue weighted by Gasteiger charge is 2.12. The number of ether oxygens (including phenoxy) is 1. The first-order chi connectivity index (χ1) is 6.57. The Morgan fingerprint density at radius 1 is 1.50 bits per heavy atom. The van der Waals surface area contributed by atoms with Crippen LogP contribution in [0, 0.1) is 0 Å². The number of amides is 1. The molecule has 14 heavy (non-hydrogen) atoms. The molecule has 5 nitrogen and oxygen atoms in total. The van der Waals surface area contributed by atoms with E-state index in [1.807, 2.05) is 6.92 Å². The summed E-state index contributed by atoms with van der Waals surface area (Å²) in [7, 11) is 0. The highest BCUT2D eigenvalue weighted by Crippen LogP contribution is 1.92. The van der Waals surface area contributed by atoms with Gasteiger partial charge in [0.2, 0.25) is 5.91 Å². The van der Waals surface area contributed by atoms with E-state index in [2.05, 4.69) is 5.32 Å². The minimum Gasteiger partial charge on any atom is -0.480 e. The predicted octanol–water partition coefficient (Wildman–Crippen LogP) is 0.392. The Balaban J connectivity index is 3.50. The van der Waals surface area contributed by atoms with E-state index in [4.69, 9.17) is 9.84 Å². The normalized spacial score (nSPS) is 12.1. The zero-order valence-electron chi connectivity index (χ0n) is 8.58. The van der Waals surface area contributed by atoms with Crippen LogP contribution in [0.15, 0.2) is 0 Å². The second kappa shape index (κ2) is 7.32. The first-order valence-corrected chi connectivity index (χ1v) is 4.67. The molecule has 0 heterocycles. The fourth-order valence-corrected chi connectivity index (χ4v) is 0.855. The van der Waals surface area contributed by atoms with Crippen molar-refractivity contribution in [2.24, 2.45) is 0 Å². The van der Waals surface area contributed by atoms with Gasteiger partial charge in [-0.05, 0) is 20.3 Å². The zero-order valence-corrected chi connectivity index (χ0v) is 8.58. The molecule has 0 aromatic rings. The van der Waals surface area contributed by atoms with Crippen LogP contribution in [0.4, 0.5) is 0 Å². The molecule has 1 atom stereocenters. The standard InChI is InChI=1S/C9H17NO4/c1-3-14-6-4-5-8(11)10-7(2)9(12)13/h7H,3-6H2,1-2H3,(H,10,11)(H,12,13). The van der Waals surface area contributed by atoms with Crippen molar-refractivity contribution in [3.63, 3.8) is 0 Å². The number of aliphatic carboxylic acids is 1. The summed E-state index contributed by atoms with van der Waals surface area (Å²) in [5.74, 6) is -1.28. The van der Waals surface area contributed by atoms with E-state index in [9.17, 15) is 9.59 Å². The molecule has 0 spiro atoms. The molecular weight excluding hydrogens is 186 g/mol. The van der Waals surface area contributed by atoms with Gasteiger partial charge >= 0.3 is 5.97 Å². The van der Waals surface area contributed by atoms with Crippen molar-refractivity contribution < 1.29 is 19.4 Å². The first kappa shape index (κ1) is 12.9. The lowest BCUT2D eigenvalue weighted by Crippen LogP contribution is -2.38. The molecule has 82 valence electrons. The third kappa shape index (κ3) is 6.42. The van der Waals surface area contributed by atoms with Gasteiger partial charge in [-0.25, -0.2) is 0 Å². The summed E-state index contributed by atoms with van der Waals surface area (Å²) >= 11 is 0. The van der Waals surface area contributed by atoms with Gasteiger partial charge in [0.25, 0.3) is 0 Å². The molecule has 1 amide bonds. The largest absolute Gasteiger partial charge is 0.480 e. The molecular formula is C9H17NO4. The van der Waals surface area contributed by atoms with Crippen molar-refractivity contribution >= 4 is 11.9 Å². The van der Waals surface area contributed by atoms with Gasteiger partial charge in [0.05, 0.1) is 0 Å². The molecule has 0 saturated heterocycles. The molecule has 5 heteroatoms. The molecule has 2 N–H and O–H groups in total. The zero-order chi connectivity index (χ0) is 11.0. The van der Waals surface area contributed by atoms with E-state index < -0.39 is 12.0 Å². The van der Waals surface area contributed by atoms with Gasteiger partial charge in [-0.1, -0.05) is 0 Å². The maximum absolute atomic E-state index is 11.1. The monoisotopic (exact) mass is 203 g/mol. The van der Waals surface area contributed by atoms with Crippen molar-refractivity contribution in [2.75, 3.05) is 13.2 Å². The quantitative estimate of drug-likeness (QED) is 0.587. The Kier molecular flexibility index (Phi) is 6.74. The number of hydrogen-bond donors (Lipinski definition) is 2. The van der Waals surface area contributed by atoms with Crippen LogP contribution >= 0.6 is 0 Å². The number of hydrogen-bond acceptors (Lipinski definition) is 3. The highest BCUT2D eigenvalue weighted by atomic mass is 16.5. The van der Waals surface area contributed by atoms with Crippen LogP contribution in [0.5, 0.6) is 0 Å². The van der Waals surface area contributed by atoms with Gasteiger partial charge in [0.1, 0.15) is 6.04 Å². The fourth-order valence-electron chi connectivity index (χ4n) is 0.855. The van der Waals surface area contributed by atoms with Crippen LogP contribution in [0.25, 0.3) is 0 Å². The van der Waals surface area contributed by atoms with Crippen molar-refractivity contribution in [3.8, 4) is 0 Å². The Labute approximate surface area is 83.4 Å². The molecule has 0 aromatic heterocycles. The number of carboxylic acid groups (broad SMARTS) is 1. The Morgan fingerprint density at radius 3 is 2.64 bits per heavy atom. The van der Waals surface area contributed by atoms with E-state index in [-0.39, 0.29) is 5.91 Å². The average Bonchev–Trinajstić information content (AvgIpc) is 2.12. The molecule has 0 aliphatic carbocycles. The minimum atomic E-state index is -1.02. The Morgan fingerprint density at radius 2 is 2.14 bits per heavy atom. The Bertz CT molecular complexity index is 193. The molecule has 0 aliphatic heterocycles. The number of nitrogens with one attached hydrogen (secondary N) is 1. The predicted molar refractivity (Wildman–Crippen MR) is 51.0 cm³/mol. The molecule has 0 aliphatic rings. The summed E-state index contributed by atoms with van der Waals surface area (Å²) in [6.07, 6.45) is 0.920. The van der Waals surface area contributed by atoms with E-state index in [1.165, 1.54) is 6.92 Å². The minimum absolute atomic E-state index is 0.250. The van der Waals surface area contributed by atoms with Crippen LogP contribution < -0.4 is 5.32 Å². The summed E-state index contributed by atoms with van der Waals surface area (Å²) in [6.45, 7) is 4.48. The number of carbonyl (C=O) groups excluding carboxylic acids is 1. The number of rotatable bonds is 7. The van der Waals surface area contributed by atoms with Crippen molar-refractivity contribution in [3.05, 3.63) is 0 Å². The van der Waals surface area contributed by atoms with Gasteiger partial charge < -0.3 is 15.2 Å². The van der Waals surface area contributed by atoms with Crippen LogP contribution in [0.2, 0.25) is 0 Å². The van der Waals surface area contributed by atoms with Crippen LogP contribution in [0.3, 0.4) is 0 Å². The molecule has 0 radical (unpaired) electrons. The van der Waals surface area contributed by atoms with Gasteiger partial charge in [-0.3, -0.25) is 9.59 Å². The van der Waals surface area contributed by atoms with Crippen molar-refractivity contribution in [1.29, 1.82) is 0 Å². The van der Waals surface area contributed by atoms with E-state index in [0.717, 1.165) is 0 Å². The van der Waals surface area contributed by atoms with Crippen molar-refractivity contribution in [2.45, 2.75) is 32.7 Å². The molecule has 0 aromatic carbocycles. The lowest BCUT2D eigenvalue weighted by atomic mass is 10.2. The topological polar surface area (TPSA) is 75.6 Å².